The Labute approximate surface area is 92.0 Å². The van der Waals surface area contributed by atoms with Gasteiger partial charge in [0.15, 0.2) is 0 Å². The predicted octanol–water partition coefficient (Wildman–Crippen LogP) is 2.10. The van der Waals surface area contributed by atoms with Crippen LogP contribution in [0.4, 0.5) is 0 Å². The molecular formula is C11H13BrO2. The molecule has 1 unspecified atom stereocenters. The van der Waals surface area contributed by atoms with Crippen LogP contribution in [0.5, 0.6) is 0 Å². The summed E-state index contributed by atoms with van der Waals surface area (Å²) in [5.41, 5.74) is 0.862. The van der Waals surface area contributed by atoms with Gasteiger partial charge in [-0.1, -0.05) is 35.0 Å². The van der Waals surface area contributed by atoms with Crippen LogP contribution in [0.3, 0.4) is 0 Å². The van der Waals surface area contributed by atoms with Crippen molar-refractivity contribution < 1.29 is 9.84 Å². The zero-order valence-electron chi connectivity index (χ0n) is 8.03. The van der Waals surface area contributed by atoms with E-state index in [9.17, 15) is 5.11 Å². The van der Waals surface area contributed by atoms with E-state index in [1.54, 1.807) is 0 Å². The Hall–Kier alpha value is -0.380. The molecule has 0 spiro atoms. The Bertz CT molecular complexity index is 340. The molecule has 2 atom stereocenters. The van der Waals surface area contributed by atoms with Crippen LogP contribution in [0.1, 0.15) is 12.5 Å². The number of hydrogen-bond donors (Lipinski definition) is 1. The molecule has 0 bridgehead atoms. The van der Waals surface area contributed by atoms with Gasteiger partial charge in [-0.3, -0.25) is 0 Å². The second kappa shape index (κ2) is 3.65. The summed E-state index contributed by atoms with van der Waals surface area (Å²) in [6.07, 6.45) is -0.406. The van der Waals surface area contributed by atoms with Crippen molar-refractivity contribution in [1.29, 1.82) is 0 Å². The monoisotopic (exact) mass is 256 g/mol. The van der Waals surface area contributed by atoms with Crippen LogP contribution in [0.25, 0.3) is 0 Å². The molecule has 1 aromatic rings. The molecule has 2 nitrogen and oxygen atoms in total. The third-order valence-corrected chi connectivity index (χ3v) is 3.39. The fourth-order valence-corrected chi connectivity index (χ4v) is 2.18. The fourth-order valence-electron chi connectivity index (χ4n) is 1.78. The first kappa shape index (κ1) is 10.1. The van der Waals surface area contributed by atoms with Crippen molar-refractivity contribution in [2.45, 2.75) is 18.4 Å². The SMILES string of the molecule is CC1(c2cccc(Br)c2)COC[C@H]1O. The zero-order valence-corrected chi connectivity index (χ0v) is 9.62. The standard InChI is InChI=1S/C11H13BrO2/c1-11(7-14-6-10(11)13)8-3-2-4-9(12)5-8/h2-5,10,13H,6-7H2,1H3/t10-,11?/m1/s1. The van der Waals surface area contributed by atoms with E-state index < -0.39 is 6.10 Å². The second-order valence-corrected chi connectivity index (χ2v) is 4.87. The Morgan fingerprint density at radius 1 is 1.57 bits per heavy atom. The number of ether oxygens (including phenoxy) is 1. The molecule has 1 N–H and O–H groups in total. The molecule has 1 saturated heterocycles. The van der Waals surface area contributed by atoms with E-state index in [0.717, 1.165) is 10.0 Å². The molecular weight excluding hydrogens is 244 g/mol. The summed E-state index contributed by atoms with van der Waals surface area (Å²) in [5, 5.41) is 9.85. The summed E-state index contributed by atoms with van der Waals surface area (Å²) in [6, 6.07) is 8.03. The van der Waals surface area contributed by atoms with E-state index in [1.807, 2.05) is 31.2 Å². The van der Waals surface area contributed by atoms with Crippen LogP contribution in [-0.2, 0) is 10.2 Å². The molecule has 0 aliphatic carbocycles. The highest BCUT2D eigenvalue weighted by atomic mass is 79.9. The molecule has 1 fully saturated rings. The molecule has 0 radical (unpaired) electrons. The average Bonchev–Trinajstić information content (AvgIpc) is 2.49. The maximum atomic E-state index is 9.85. The van der Waals surface area contributed by atoms with Crippen LogP contribution >= 0.6 is 15.9 Å². The summed E-state index contributed by atoms with van der Waals surface area (Å²) in [7, 11) is 0. The van der Waals surface area contributed by atoms with E-state index in [1.165, 1.54) is 0 Å². The van der Waals surface area contributed by atoms with E-state index in [4.69, 9.17) is 4.74 Å². The van der Waals surface area contributed by atoms with Crippen molar-refractivity contribution in [2.75, 3.05) is 13.2 Å². The van der Waals surface area contributed by atoms with E-state index in [0.29, 0.717) is 13.2 Å². The first-order chi connectivity index (χ1) is 6.63. The van der Waals surface area contributed by atoms with E-state index >= 15 is 0 Å². The fraction of sp³-hybridized carbons (Fsp3) is 0.455. The third-order valence-electron chi connectivity index (χ3n) is 2.90. The molecule has 0 saturated carbocycles. The van der Waals surface area contributed by atoms with Gasteiger partial charge in [0, 0.05) is 9.89 Å². The summed E-state index contributed by atoms with van der Waals surface area (Å²) in [5.74, 6) is 0. The number of hydrogen-bond acceptors (Lipinski definition) is 2. The summed E-state index contributed by atoms with van der Waals surface area (Å²) in [6.45, 7) is 3.06. The number of benzene rings is 1. The molecule has 3 heteroatoms. The van der Waals surface area contributed by atoms with Gasteiger partial charge >= 0.3 is 0 Å². The first-order valence-electron chi connectivity index (χ1n) is 4.65. The maximum absolute atomic E-state index is 9.85. The normalized spacial score (nSPS) is 32.1. The Kier molecular flexibility index (Phi) is 2.64. The second-order valence-electron chi connectivity index (χ2n) is 3.96. The van der Waals surface area contributed by atoms with Gasteiger partial charge in [0.25, 0.3) is 0 Å². The van der Waals surface area contributed by atoms with Crippen molar-refractivity contribution in [3.8, 4) is 0 Å². The average molecular weight is 257 g/mol. The lowest BCUT2D eigenvalue weighted by Crippen LogP contribution is -2.35. The van der Waals surface area contributed by atoms with Crippen molar-refractivity contribution in [3.05, 3.63) is 34.3 Å². The minimum absolute atomic E-state index is 0.260. The molecule has 1 aromatic carbocycles. The molecule has 0 amide bonds. The van der Waals surface area contributed by atoms with E-state index in [-0.39, 0.29) is 5.41 Å². The summed E-state index contributed by atoms with van der Waals surface area (Å²) in [4.78, 5) is 0. The number of aliphatic hydroxyl groups is 1. The number of halogens is 1. The lowest BCUT2D eigenvalue weighted by molar-refractivity contribution is 0.113. The van der Waals surface area contributed by atoms with Crippen molar-refractivity contribution in [3.63, 3.8) is 0 Å². The van der Waals surface area contributed by atoms with Gasteiger partial charge in [-0.15, -0.1) is 0 Å². The van der Waals surface area contributed by atoms with Crippen molar-refractivity contribution in [2.24, 2.45) is 0 Å². The molecule has 1 aliphatic heterocycles. The number of aliphatic hydroxyl groups excluding tert-OH is 1. The summed E-state index contributed by atoms with van der Waals surface area (Å²) < 4.78 is 6.34. The Morgan fingerprint density at radius 2 is 2.36 bits per heavy atom. The van der Waals surface area contributed by atoms with E-state index in [2.05, 4.69) is 15.9 Å². The largest absolute Gasteiger partial charge is 0.390 e. The van der Waals surface area contributed by atoms with Gasteiger partial charge in [-0.25, -0.2) is 0 Å². The molecule has 1 heterocycles. The van der Waals surface area contributed by atoms with Gasteiger partial charge < -0.3 is 9.84 Å². The lowest BCUT2D eigenvalue weighted by atomic mass is 9.80. The molecule has 0 aromatic heterocycles. The topological polar surface area (TPSA) is 29.5 Å². The van der Waals surface area contributed by atoms with Crippen LogP contribution in [0, 0.1) is 0 Å². The van der Waals surface area contributed by atoms with Crippen LogP contribution in [-0.4, -0.2) is 24.4 Å². The van der Waals surface area contributed by atoms with Crippen LogP contribution in [0.2, 0.25) is 0 Å². The van der Waals surface area contributed by atoms with Crippen molar-refractivity contribution >= 4 is 15.9 Å². The molecule has 2 rings (SSSR count). The Morgan fingerprint density at radius 3 is 2.93 bits per heavy atom. The minimum atomic E-state index is -0.406. The van der Waals surface area contributed by atoms with Crippen LogP contribution < -0.4 is 0 Å². The molecule has 1 aliphatic rings. The highest BCUT2D eigenvalue weighted by molar-refractivity contribution is 9.10. The zero-order chi connectivity index (χ0) is 10.2. The first-order valence-corrected chi connectivity index (χ1v) is 5.44. The minimum Gasteiger partial charge on any atom is -0.390 e. The lowest BCUT2D eigenvalue weighted by Gasteiger charge is -2.26. The summed E-state index contributed by atoms with van der Waals surface area (Å²) >= 11 is 3.43. The van der Waals surface area contributed by atoms with Gasteiger partial charge in [-0.2, -0.15) is 0 Å². The quantitative estimate of drug-likeness (QED) is 0.834. The number of rotatable bonds is 1. The van der Waals surface area contributed by atoms with Gasteiger partial charge in [0.2, 0.25) is 0 Å². The molecule has 76 valence electrons. The Balaban J connectivity index is 2.38. The smallest absolute Gasteiger partial charge is 0.0889 e. The van der Waals surface area contributed by atoms with Gasteiger partial charge in [0.05, 0.1) is 19.3 Å². The van der Waals surface area contributed by atoms with Crippen molar-refractivity contribution in [1.82, 2.24) is 0 Å². The van der Waals surface area contributed by atoms with Gasteiger partial charge in [-0.05, 0) is 17.7 Å². The highest BCUT2D eigenvalue weighted by Gasteiger charge is 2.40. The predicted molar refractivity (Wildman–Crippen MR) is 58.3 cm³/mol. The molecule has 14 heavy (non-hydrogen) atoms. The van der Waals surface area contributed by atoms with Gasteiger partial charge in [0.1, 0.15) is 0 Å². The third kappa shape index (κ3) is 1.60. The van der Waals surface area contributed by atoms with Crippen LogP contribution in [0.15, 0.2) is 28.7 Å². The highest BCUT2D eigenvalue weighted by Crippen LogP contribution is 2.33. The maximum Gasteiger partial charge on any atom is 0.0889 e.